The number of piperidine rings is 1. The third-order valence-electron chi connectivity index (χ3n) is 5.68. The van der Waals surface area contributed by atoms with Crippen LogP contribution in [0.2, 0.25) is 0 Å². The molecule has 0 unspecified atom stereocenters. The van der Waals surface area contributed by atoms with Gasteiger partial charge in [-0.15, -0.1) is 0 Å². The molecule has 0 aromatic heterocycles. The van der Waals surface area contributed by atoms with Gasteiger partial charge in [0.2, 0.25) is 5.91 Å². The van der Waals surface area contributed by atoms with E-state index in [1.54, 1.807) is 36.1 Å². The predicted molar refractivity (Wildman–Crippen MR) is 120 cm³/mol. The van der Waals surface area contributed by atoms with Crippen molar-refractivity contribution in [3.8, 4) is 0 Å². The lowest BCUT2D eigenvalue weighted by Gasteiger charge is -2.34. The van der Waals surface area contributed by atoms with E-state index in [0.717, 1.165) is 0 Å². The van der Waals surface area contributed by atoms with Crippen molar-refractivity contribution in [2.45, 2.75) is 26.7 Å². The van der Waals surface area contributed by atoms with Gasteiger partial charge in [-0.3, -0.25) is 4.79 Å². The second kappa shape index (κ2) is 10.7. The maximum absolute atomic E-state index is 13.0. The Labute approximate surface area is 186 Å². The summed E-state index contributed by atoms with van der Waals surface area (Å²) in [6, 6.07) is 12.1. The normalized spacial score (nSPS) is 15.0. The third kappa shape index (κ3) is 6.06. The Kier molecular flexibility index (Phi) is 7.81. The molecule has 32 heavy (non-hydrogen) atoms. The fourth-order valence-electron chi connectivity index (χ4n) is 3.75. The first-order valence-electron chi connectivity index (χ1n) is 10.8. The summed E-state index contributed by atoms with van der Waals surface area (Å²) in [6.45, 7) is 4.97. The third-order valence-corrected chi connectivity index (χ3v) is 5.68. The number of nitrogens with zero attached hydrogens (tertiary/aromatic N) is 1. The van der Waals surface area contributed by atoms with Gasteiger partial charge < -0.3 is 20.3 Å². The number of halogens is 1. The lowest BCUT2D eigenvalue weighted by molar-refractivity contribution is -0.121. The van der Waals surface area contributed by atoms with Gasteiger partial charge in [0.25, 0.3) is 0 Å². The molecule has 3 rings (SSSR count). The van der Waals surface area contributed by atoms with Crippen molar-refractivity contribution in [3.63, 3.8) is 0 Å². The Balaban J connectivity index is 1.50. The lowest BCUT2D eigenvalue weighted by atomic mass is 9.85. The van der Waals surface area contributed by atoms with Crippen LogP contribution in [0.4, 0.5) is 20.6 Å². The SMILES string of the molecule is CCOC(=O)c1cccc(NC(=O)[C@@H](C)C2CCN(C(=O)Nc3ccc(F)cc3)CC2)c1. The molecule has 2 N–H and O–H groups in total. The van der Waals surface area contributed by atoms with Gasteiger partial charge in [-0.25, -0.2) is 14.0 Å². The first-order chi connectivity index (χ1) is 15.4. The first-order valence-corrected chi connectivity index (χ1v) is 10.8. The van der Waals surface area contributed by atoms with Crippen LogP contribution in [0.15, 0.2) is 48.5 Å². The molecule has 2 aromatic rings. The molecule has 1 aliphatic heterocycles. The van der Waals surface area contributed by atoms with Crippen molar-refractivity contribution < 1.29 is 23.5 Å². The number of anilines is 2. The van der Waals surface area contributed by atoms with Crippen LogP contribution in [0.25, 0.3) is 0 Å². The second-order valence-corrected chi connectivity index (χ2v) is 7.84. The molecule has 1 heterocycles. The molecule has 170 valence electrons. The second-order valence-electron chi connectivity index (χ2n) is 7.84. The molecule has 1 fully saturated rings. The van der Waals surface area contributed by atoms with E-state index in [4.69, 9.17) is 4.74 Å². The Morgan fingerprint density at radius 1 is 1.06 bits per heavy atom. The van der Waals surface area contributed by atoms with Gasteiger partial charge in [0.1, 0.15) is 5.82 Å². The zero-order valence-corrected chi connectivity index (χ0v) is 18.3. The molecule has 1 saturated heterocycles. The molecule has 0 spiro atoms. The molecule has 3 amide bonds. The van der Waals surface area contributed by atoms with Gasteiger partial charge in [-0.05, 0) is 68.1 Å². The number of rotatable bonds is 6. The minimum Gasteiger partial charge on any atom is -0.462 e. The van der Waals surface area contributed by atoms with E-state index in [1.165, 1.54) is 24.3 Å². The van der Waals surface area contributed by atoms with Gasteiger partial charge >= 0.3 is 12.0 Å². The monoisotopic (exact) mass is 441 g/mol. The van der Waals surface area contributed by atoms with Gasteiger partial charge in [-0.1, -0.05) is 13.0 Å². The molecule has 2 aromatic carbocycles. The minimum absolute atomic E-state index is 0.125. The summed E-state index contributed by atoms with van der Waals surface area (Å²) < 4.78 is 18.0. The molecular weight excluding hydrogens is 413 g/mol. The maximum atomic E-state index is 13.0. The summed E-state index contributed by atoms with van der Waals surface area (Å²) in [5.41, 5.74) is 1.47. The van der Waals surface area contributed by atoms with Crippen molar-refractivity contribution in [2.75, 3.05) is 30.3 Å². The van der Waals surface area contributed by atoms with Gasteiger partial charge in [0.15, 0.2) is 0 Å². The highest BCUT2D eigenvalue weighted by atomic mass is 19.1. The number of amides is 3. The highest BCUT2D eigenvalue weighted by Gasteiger charge is 2.30. The number of urea groups is 1. The smallest absolute Gasteiger partial charge is 0.338 e. The maximum Gasteiger partial charge on any atom is 0.338 e. The highest BCUT2D eigenvalue weighted by Crippen LogP contribution is 2.27. The van der Waals surface area contributed by atoms with E-state index < -0.39 is 5.97 Å². The summed E-state index contributed by atoms with van der Waals surface area (Å²) in [5, 5.41) is 5.64. The van der Waals surface area contributed by atoms with Crippen LogP contribution in [-0.4, -0.2) is 42.5 Å². The largest absolute Gasteiger partial charge is 0.462 e. The number of benzene rings is 2. The Bertz CT molecular complexity index is 956. The summed E-state index contributed by atoms with van der Waals surface area (Å²) in [6.07, 6.45) is 1.41. The van der Waals surface area contributed by atoms with Gasteiger partial charge in [0.05, 0.1) is 12.2 Å². The Hall–Kier alpha value is -3.42. The van der Waals surface area contributed by atoms with E-state index in [0.29, 0.717) is 42.9 Å². The highest BCUT2D eigenvalue weighted by molar-refractivity contribution is 5.95. The Morgan fingerprint density at radius 2 is 1.75 bits per heavy atom. The van der Waals surface area contributed by atoms with Crippen molar-refractivity contribution in [1.82, 2.24) is 4.90 Å². The number of nitrogens with one attached hydrogen (secondary N) is 2. The van der Waals surface area contributed by atoms with Crippen LogP contribution in [0.5, 0.6) is 0 Å². The average molecular weight is 442 g/mol. The minimum atomic E-state index is -0.428. The molecule has 0 aliphatic carbocycles. The van der Waals surface area contributed by atoms with Crippen LogP contribution in [0.1, 0.15) is 37.0 Å². The molecular formula is C24H28FN3O4. The van der Waals surface area contributed by atoms with Crippen molar-refractivity contribution in [1.29, 1.82) is 0 Å². The van der Waals surface area contributed by atoms with Crippen LogP contribution in [-0.2, 0) is 9.53 Å². The molecule has 0 radical (unpaired) electrons. The number of likely N-dealkylation sites (tertiary alicyclic amines) is 1. The van der Waals surface area contributed by atoms with E-state index in [-0.39, 0.29) is 36.2 Å². The average Bonchev–Trinajstić information content (AvgIpc) is 2.80. The zero-order valence-electron chi connectivity index (χ0n) is 18.3. The number of hydrogen-bond acceptors (Lipinski definition) is 4. The standard InChI is InChI=1S/C24H28FN3O4/c1-3-32-23(30)18-5-4-6-21(15-18)26-22(29)16(2)17-11-13-28(14-12-17)24(31)27-20-9-7-19(25)8-10-20/h4-10,15-17H,3,11-14H2,1-2H3,(H,26,29)(H,27,31)/t16-/m0/s1. The molecule has 8 heteroatoms. The summed E-state index contributed by atoms with van der Waals surface area (Å²) in [4.78, 5) is 38.8. The topological polar surface area (TPSA) is 87.7 Å². The number of carbonyl (C=O) groups is 3. The predicted octanol–water partition coefficient (Wildman–Crippen LogP) is 4.52. The molecule has 7 nitrogen and oxygen atoms in total. The summed E-state index contributed by atoms with van der Waals surface area (Å²) in [7, 11) is 0. The molecule has 1 atom stereocenters. The van der Waals surface area contributed by atoms with Crippen LogP contribution in [0.3, 0.4) is 0 Å². The van der Waals surface area contributed by atoms with Gasteiger partial charge in [-0.2, -0.15) is 0 Å². The van der Waals surface area contributed by atoms with E-state index in [9.17, 15) is 18.8 Å². The number of ether oxygens (including phenoxy) is 1. The number of esters is 1. The summed E-state index contributed by atoms with van der Waals surface area (Å²) in [5.74, 6) is -1.02. The zero-order chi connectivity index (χ0) is 23.1. The van der Waals surface area contributed by atoms with Gasteiger partial charge in [0, 0.05) is 30.4 Å². The molecule has 1 aliphatic rings. The van der Waals surface area contributed by atoms with Crippen molar-refractivity contribution >= 4 is 29.3 Å². The molecule has 0 saturated carbocycles. The first kappa shape index (κ1) is 23.2. The fourth-order valence-corrected chi connectivity index (χ4v) is 3.75. The van der Waals surface area contributed by atoms with E-state index >= 15 is 0 Å². The number of carbonyl (C=O) groups excluding carboxylic acids is 3. The van der Waals surface area contributed by atoms with Crippen LogP contribution in [0, 0.1) is 17.7 Å². The van der Waals surface area contributed by atoms with E-state index in [1.807, 2.05) is 6.92 Å². The molecule has 0 bridgehead atoms. The van der Waals surface area contributed by atoms with E-state index in [2.05, 4.69) is 10.6 Å². The Morgan fingerprint density at radius 3 is 2.41 bits per heavy atom. The van der Waals surface area contributed by atoms with Crippen molar-refractivity contribution in [3.05, 3.63) is 59.9 Å². The quantitative estimate of drug-likeness (QED) is 0.645. The van der Waals surface area contributed by atoms with Crippen molar-refractivity contribution in [2.24, 2.45) is 11.8 Å². The van der Waals surface area contributed by atoms with Crippen LogP contribution >= 0.6 is 0 Å². The summed E-state index contributed by atoms with van der Waals surface area (Å²) >= 11 is 0. The number of hydrogen-bond donors (Lipinski definition) is 2. The van der Waals surface area contributed by atoms with Crippen LogP contribution < -0.4 is 10.6 Å². The fraction of sp³-hybridized carbons (Fsp3) is 0.375. The lowest BCUT2D eigenvalue weighted by Crippen LogP contribution is -2.43.